The zero-order chi connectivity index (χ0) is 22.1. The molecule has 0 saturated carbocycles. The van der Waals surface area contributed by atoms with Crippen molar-refractivity contribution in [1.82, 2.24) is 10.6 Å². The van der Waals surface area contributed by atoms with Gasteiger partial charge in [0.05, 0.1) is 5.69 Å². The van der Waals surface area contributed by atoms with Crippen molar-refractivity contribution in [2.24, 2.45) is 0 Å². The van der Waals surface area contributed by atoms with Crippen molar-refractivity contribution >= 4 is 28.0 Å². The van der Waals surface area contributed by atoms with Gasteiger partial charge in [-0.1, -0.05) is 31.9 Å². The van der Waals surface area contributed by atoms with Crippen molar-refractivity contribution in [2.75, 3.05) is 11.3 Å². The number of carbonyl (C=O) groups excluding carboxylic acids is 2. The summed E-state index contributed by atoms with van der Waals surface area (Å²) < 4.78 is 37.7. The van der Waals surface area contributed by atoms with Crippen molar-refractivity contribution in [3.05, 3.63) is 29.8 Å². The fourth-order valence-corrected chi connectivity index (χ4v) is 2.90. The van der Waals surface area contributed by atoms with Gasteiger partial charge in [0.1, 0.15) is 11.6 Å². The molecule has 0 bridgehead atoms. The number of hydrogen-bond acceptors (Lipinski definition) is 5. The molecule has 9 nitrogen and oxygen atoms in total. The molecule has 0 spiro atoms. The highest BCUT2D eigenvalue weighted by Gasteiger charge is 2.24. The molecule has 0 aliphatic carbocycles. The molecule has 0 unspecified atom stereocenters. The van der Waals surface area contributed by atoms with Gasteiger partial charge >= 0.3 is 16.4 Å². The van der Waals surface area contributed by atoms with Crippen LogP contribution in [0, 0.1) is 0 Å². The number of rotatable bonds is 10. The highest BCUT2D eigenvalue weighted by Crippen LogP contribution is 2.13. The minimum absolute atomic E-state index is 0.178. The minimum Gasteiger partial charge on any atom is -0.444 e. The first-order chi connectivity index (χ1) is 13.4. The van der Waals surface area contributed by atoms with Crippen LogP contribution in [0.4, 0.5) is 10.5 Å². The molecule has 0 aliphatic heterocycles. The molecule has 29 heavy (non-hydrogen) atoms. The van der Waals surface area contributed by atoms with Gasteiger partial charge in [0.2, 0.25) is 5.91 Å². The second kappa shape index (κ2) is 11.0. The van der Waals surface area contributed by atoms with Gasteiger partial charge < -0.3 is 15.4 Å². The number of alkyl carbamates (subject to hydrolysis) is 1. The van der Waals surface area contributed by atoms with E-state index in [0.29, 0.717) is 12.1 Å². The molecule has 10 heteroatoms. The lowest BCUT2D eigenvalue weighted by atomic mass is 10.0. The third kappa shape index (κ3) is 11.3. The number of amides is 2. The topological polar surface area (TPSA) is 134 Å². The molecule has 1 aromatic rings. The maximum atomic E-state index is 12.6. The molecular formula is C19H31N3O6S. The quantitative estimate of drug-likeness (QED) is 0.334. The van der Waals surface area contributed by atoms with Crippen molar-refractivity contribution in [3.63, 3.8) is 0 Å². The summed E-state index contributed by atoms with van der Waals surface area (Å²) in [5.74, 6) is -0.327. The number of nitrogens with one attached hydrogen (secondary N) is 3. The molecule has 4 N–H and O–H groups in total. The van der Waals surface area contributed by atoms with Crippen LogP contribution in [0.2, 0.25) is 0 Å². The first-order valence-electron chi connectivity index (χ1n) is 9.51. The minimum atomic E-state index is -4.36. The summed E-state index contributed by atoms with van der Waals surface area (Å²) in [4.78, 5) is 24.7. The van der Waals surface area contributed by atoms with Gasteiger partial charge in [-0.05, 0) is 44.9 Å². The zero-order valence-corrected chi connectivity index (χ0v) is 18.1. The van der Waals surface area contributed by atoms with Gasteiger partial charge in [0.25, 0.3) is 0 Å². The van der Waals surface area contributed by atoms with Gasteiger partial charge in [0, 0.05) is 13.0 Å². The highest BCUT2D eigenvalue weighted by molar-refractivity contribution is 7.87. The largest absolute Gasteiger partial charge is 0.444 e. The first kappa shape index (κ1) is 24.7. The molecule has 0 saturated heterocycles. The Bertz CT molecular complexity index is 772. The lowest BCUT2D eigenvalue weighted by Gasteiger charge is -2.23. The molecule has 1 atom stereocenters. The summed E-state index contributed by atoms with van der Waals surface area (Å²) >= 11 is 0. The van der Waals surface area contributed by atoms with Crippen LogP contribution in [0.3, 0.4) is 0 Å². The number of benzene rings is 1. The van der Waals surface area contributed by atoms with E-state index in [4.69, 9.17) is 9.29 Å². The summed E-state index contributed by atoms with van der Waals surface area (Å²) in [6.07, 6.45) is 2.35. The van der Waals surface area contributed by atoms with Crippen molar-refractivity contribution in [2.45, 2.75) is 65.0 Å². The first-order valence-corrected chi connectivity index (χ1v) is 10.9. The number of hydrogen-bond donors (Lipinski definition) is 4. The van der Waals surface area contributed by atoms with Crippen LogP contribution in [-0.2, 0) is 26.3 Å². The summed E-state index contributed by atoms with van der Waals surface area (Å²) in [6.45, 7) is 7.76. The van der Waals surface area contributed by atoms with Crippen molar-refractivity contribution in [1.29, 1.82) is 0 Å². The van der Waals surface area contributed by atoms with Gasteiger partial charge in [-0.3, -0.25) is 14.1 Å². The van der Waals surface area contributed by atoms with E-state index in [1.807, 2.05) is 4.72 Å². The normalized spacial score (nSPS) is 12.7. The van der Waals surface area contributed by atoms with E-state index in [2.05, 4.69) is 17.6 Å². The Hall–Kier alpha value is -2.33. The number of anilines is 1. The molecule has 0 aliphatic rings. The molecule has 2 amide bonds. The summed E-state index contributed by atoms with van der Waals surface area (Å²) in [6, 6.07) is 5.25. The Morgan fingerprint density at radius 3 is 2.28 bits per heavy atom. The van der Waals surface area contributed by atoms with E-state index >= 15 is 0 Å². The fraction of sp³-hybridized carbons (Fsp3) is 0.579. The Labute approximate surface area is 172 Å². The molecule has 0 radical (unpaired) electrons. The standard InChI is InChI=1S/C19H31N3O6S/c1-5-6-7-12-20-17(23)16(21-18(24)28-19(2,3)4)13-14-8-10-15(11-9-14)22-29(25,26)27/h8-11,16,22H,5-7,12-13H2,1-4H3,(H,20,23)(H,21,24)(H,25,26,27)/t16-/m0/s1. The Kier molecular flexibility index (Phi) is 9.38. The summed E-state index contributed by atoms with van der Waals surface area (Å²) in [5.41, 5.74) is 0.169. The predicted molar refractivity (Wildman–Crippen MR) is 111 cm³/mol. The lowest BCUT2D eigenvalue weighted by molar-refractivity contribution is -0.123. The van der Waals surface area contributed by atoms with Gasteiger partial charge in [-0.2, -0.15) is 8.42 Å². The van der Waals surface area contributed by atoms with Gasteiger partial charge in [0.15, 0.2) is 0 Å². The molecule has 164 valence electrons. The fourth-order valence-electron chi connectivity index (χ4n) is 2.46. The molecule has 1 rings (SSSR count). The van der Waals surface area contributed by atoms with Crippen LogP contribution in [-0.4, -0.2) is 43.2 Å². The smallest absolute Gasteiger partial charge is 0.408 e. The molecule has 0 heterocycles. The number of unbranched alkanes of at least 4 members (excludes halogenated alkanes) is 2. The van der Waals surface area contributed by atoms with E-state index in [9.17, 15) is 18.0 Å². The number of ether oxygens (including phenoxy) is 1. The zero-order valence-electron chi connectivity index (χ0n) is 17.3. The summed E-state index contributed by atoms with van der Waals surface area (Å²) in [7, 11) is -4.36. The number of carbonyl (C=O) groups is 2. The Morgan fingerprint density at radius 2 is 1.76 bits per heavy atom. The molecule has 0 fully saturated rings. The lowest BCUT2D eigenvalue weighted by Crippen LogP contribution is -2.49. The monoisotopic (exact) mass is 429 g/mol. The predicted octanol–water partition coefficient (Wildman–Crippen LogP) is 2.64. The highest BCUT2D eigenvalue weighted by atomic mass is 32.2. The average molecular weight is 430 g/mol. The van der Waals surface area contributed by atoms with Crippen LogP contribution in [0.25, 0.3) is 0 Å². The SMILES string of the molecule is CCCCCNC(=O)[C@H](Cc1ccc(NS(=O)(=O)O)cc1)NC(=O)OC(C)(C)C. The van der Waals surface area contributed by atoms with Gasteiger partial charge in [-0.15, -0.1) is 0 Å². The third-order valence-electron chi connectivity index (χ3n) is 3.73. The van der Waals surface area contributed by atoms with Crippen LogP contribution >= 0.6 is 0 Å². The van der Waals surface area contributed by atoms with Crippen molar-refractivity contribution in [3.8, 4) is 0 Å². The van der Waals surface area contributed by atoms with Crippen LogP contribution in [0.1, 0.15) is 52.5 Å². The van der Waals surface area contributed by atoms with Crippen LogP contribution < -0.4 is 15.4 Å². The third-order valence-corrected chi connectivity index (χ3v) is 4.22. The Morgan fingerprint density at radius 1 is 1.14 bits per heavy atom. The summed E-state index contributed by atoms with van der Waals surface area (Å²) in [5, 5.41) is 5.41. The molecule has 1 aromatic carbocycles. The van der Waals surface area contributed by atoms with Crippen molar-refractivity contribution < 1.29 is 27.3 Å². The maximum Gasteiger partial charge on any atom is 0.408 e. The van der Waals surface area contributed by atoms with Crippen LogP contribution in [0.5, 0.6) is 0 Å². The van der Waals surface area contributed by atoms with Crippen LogP contribution in [0.15, 0.2) is 24.3 Å². The molecular weight excluding hydrogens is 398 g/mol. The van der Waals surface area contributed by atoms with E-state index in [-0.39, 0.29) is 18.0 Å². The average Bonchev–Trinajstić information content (AvgIpc) is 2.56. The maximum absolute atomic E-state index is 12.6. The van der Waals surface area contributed by atoms with E-state index < -0.39 is 28.0 Å². The molecule has 0 aromatic heterocycles. The van der Waals surface area contributed by atoms with E-state index in [1.54, 1.807) is 32.9 Å². The Balaban J connectivity index is 2.83. The van der Waals surface area contributed by atoms with E-state index in [0.717, 1.165) is 19.3 Å². The second-order valence-electron chi connectivity index (χ2n) is 7.68. The second-order valence-corrected chi connectivity index (χ2v) is 8.83. The van der Waals surface area contributed by atoms with Gasteiger partial charge in [-0.25, -0.2) is 4.79 Å². The van der Waals surface area contributed by atoms with E-state index in [1.165, 1.54) is 12.1 Å².